The number of fused-ring (bicyclic) bond motifs is 5. The lowest BCUT2D eigenvalue weighted by Gasteiger charge is -2.38. The maximum Gasteiger partial charge on any atom is 0.119 e. The van der Waals surface area contributed by atoms with E-state index in [0.29, 0.717) is 17.9 Å². The molecule has 3 aromatic carbocycles. The molecule has 0 radical (unpaired) electrons. The lowest BCUT2D eigenvalue weighted by Crippen LogP contribution is -2.29. The van der Waals surface area contributed by atoms with Crippen molar-refractivity contribution in [3.63, 3.8) is 0 Å². The van der Waals surface area contributed by atoms with Gasteiger partial charge in [-0.1, -0.05) is 67.6 Å². The average Bonchev–Trinajstić information content (AvgIpc) is 3.22. The molecule has 2 heteroatoms. The minimum absolute atomic E-state index is 0.323. The van der Waals surface area contributed by atoms with E-state index < -0.39 is 0 Å². The number of nitrogens with one attached hydrogen (secondary N) is 1. The van der Waals surface area contributed by atoms with Gasteiger partial charge in [-0.05, 0) is 47.4 Å². The van der Waals surface area contributed by atoms with E-state index in [1.807, 2.05) is 0 Å². The molecule has 3 aromatic rings. The second-order valence-corrected chi connectivity index (χ2v) is 7.64. The van der Waals surface area contributed by atoms with Crippen molar-refractivity contribution in [2.45, 2.75) is 31.7 Å². The van der Waals surface area contributed by atoms with Crippen molar-refractivity contribution >= 4 is 16.5 Å². The highest BCUT2D eigenvalue weighted by atomic mass is 16.5. The number of benzene rings is 3. The van der Waals surface area contributed by atoms with Crippen molar-refractivity contribution in [2.24, 2.45) is 5.92 Å². The van der Waals surface area contributed by atoms with Gasteiger partial charge in [-0.2, -0.15) is 0 Å². The Bertz CT molecular complexity index is 989. The zero-order valence-corrected chi connectivity index (χ0v) is 15.7. The molecule has 0 amide bonds. The molecule has 0 aromatic heterocycles. The molecule has 0 unspecified atom stereocenters. The Labute approximate surface area is 160 Å². The molecular weight excluding hydrogens is 330 g/mol. The molecule has 1 aliphatic heterocycles. The molecule has 0 saturated carbocycles. The van der Waals surface area contributed by atoms with Gasteiger partial charge in [0.1, 0.15) is 5.75 Å². The third kappa shape index (κ3) is 2.80. The van der Waals surface area contributed by atoms with Gasteiger partial charge in [0, 0.05) is 17.0 Å². The number of ether oxygens (including phenoxy) is 1. The predicted octanol–water partition coefficient (Wildman–Crippen LogP) is 6.46. The fraction of sp³-hybridized carbons (Fsp3) is 0.280. The number of allylic oxidation sites excluding steroid dienone is 2. The predicted molar refractivity (Wildman–Crippen MR) is 113 cm³/mol. The molecule has 1 heterocycles. The van der Waals surface area contributed by atoms with Crippen molar-refractivity contribution in [3.8, 4) is 5.75 Å². The van der Waals surface area contributed by atoms with Gasteiger partial charge < -0.3 is 10.1 Å². The third-order valence-corrected chi connectivity index (χ3v) is 5.97. The van der Waals surface area contributed by atoms with Gasteiger partial charge in [0.05, 0.1) is 12.6 Å². The molecule has 1 aliphatic carbocycles. The maximum atomic E-state index is 5.77. The zero-order valence-electron chi connectivity index (χ0n) is 15.7. The summed E-state index contributed by atoms with van der Waals surface area (Å²) in [5.41, 5.74) is 4.08. The van der Waals surface area contributed by atoms with Crippen molar-refractivity contribution in [2.75, 3.05) is 11.9 Å². The smallest absolute Gasteiger partial charge is 0.119 e. The average molecular weight is 355 g/mol. The Hall–Kier alpha value is -2.74. The fourth-order valence-corrected chi connectivity index (χ4v) is 4.66. The summed E-state index contributed by atoms with van der Waals surface area (Å²) in [4.78, 5) is 0. The second kappa shape index (κ2) is 6.77. The summed E-state index contributed by atoms with van der Waals surface area (Å²) in [5, 5.41) is 6.53. The molecule has 0 saturated heterocycles. The van der Waals surface area contributed by atoms with E-state index >= 15 is 0 Å². The SMILES string of the molecule is CCCOc1ccc([C@@H]2Nc3c(ccc4ccccc34)[C@@H]3C=CC[C@@H]32)cc1. The number of rotatable bonds is 4. The van der Waals surface area contributed by atoms with E-state index in [4.69, 9.17) is 4.74 Å². The fourth-order valence-electron chi connectivity index (χ4n) is 4.66. The van der Waals surface area contributed by atoms with Gasteiger partial charge in [-0.3, -0.25) is 0 Å². The van der Waals surface area contributed by atoms with Crippen LogP contribution in [0.15, 0.2) is 72.8 Å². The molecule has 136 valence electrons. The second-order valence-electron chi connectivity index (χ2n) is 7.64. The van der Waals surface area contributed by atoms with Crippen LogP contribution >= 0.6 is 0 Å². The maximum absolute atomic E-state index is 5.77. The first-order valence-corrected chi connectivity index (χ1v) is 10.0. The van der Waals surface area contributed by atoms with E-state index in [2.05, 4.69) is 85.1 Å². The van der Waals surface area contributed by atoms with Crippen LogP contribution in [0.3, 0.4) is 0 Å². The van der Waals surface area contributed by atoms with E-state index in [9.17, 15) is 0 Å². The first-order valence-electron chi connectivity index (χ1n) is 10.0. The highest BCUT2D eigenvalue weighted by Crippen LogP contribution is 2.51. The molecule has 3 atom stereocenters. The van der Waals surface area contributed by atoms with Crippen LogP contribution in [0.5, 0.6) is 5.75 Å². The first kappa shape index (κ1) is 16.4. The van der Waals surface area contributed by atoms with Gasteiger partial charge in [0.2, 0.25) is 0 Å². The van der Waals surface area contributed by atoms with E-state index in [-0.39, 0.29) is 0 Å². The van der Waals surface area contributed by atoms with Crippen LogP contribution in [-0.2, 0) is 0 Å². The molecule has 2 aliphatic rings. The number of hydrogen-bond donors (Lipinski definition) is 1. The summed E-state index contributed by atoms with van der Waals surface area (Å²) < 4.78 is 5.77. The summed E-state index contributed by atoms with van der Waals surface area (Å²) >= 11 is 0. The molecule has 1 N–H and O–H groups in total. The van der Waals surface area contributed by atoms with E-state index in [0.717, 1.165) is 25.2 Å². The topological polar surface area (TPSA) is 21.3 Å². The minimum atomic E-state index is 0.323. The minimum Gasteiger partial charge on any atom is -0.494 e. The van der Waals surface area contributed by atoms with Gasteiger partial charge in [-0.25, -0.2) is 0 Å². The molecule has 0 bridgehead atoms. The van der Waals surface area contributed by atoms with Crippen LogP contribution in [-0.4, -0.2) is 6.61 Å². The Balaban J connectivity index is 1.55. The van der Waals surface area contributed by atoms with Crippen LogP contribution in [0.2, 0.25) is 0 Å². The normalized spacial score (nSPS) is 22.9. The summed E-state index contributed by atoms with van der Waals surface area (Å²) in [6.45, 7) is 2.91. The molecule has 27 heavy (non-hydrogen) atoms. The van der Waals surface area contributed by atoms with E-state index in [1.165, 1.54) is 27.6 Å². The first-order chi connectivity index (χ1) is 13.3. The Kier molecular flexibility index (Phi) is 4.12. The standard InChI is InChI=1S/C25H25NO/c1-2-16-27-19-13-10-18(11-14-19)24-22-9-5-8-21(22)23-15-12-17-6-3-4-7-20(17)25(23)26-24/h3-8,10-15,21-22,24,26H,2,9,16H2,1H3/t21-,22+,24+/m1/s1. The summed E-state index contributed by atoms with van der Waals surface area (Å²) in [7, 11) is 0. The van der Waals surface area contributed by atoms with E-state index in [1.54, 1.807) is 0 Å². The van der Waals surface area contributed by atoms with Crippen LogP contribution in [0.4, 0.5) is 5.69 Å². The van der Waals surface area contributed by atoms with Gasteiger partial charge in [0.15, 0.2) is 0 Å². The largest absolute Gasteiger partial charge is 0.494 e. The third-order valence-electron chi connectivity index (χ3n) is 5.97. The highest BCUT2D eigenvalue weighted by molar-refractivity contribution is 5.96. The lowest BCUT2D eigenvalue weighted by atomic mass is 9.76. The van der Waals surface area contributed by atoms with Crippen molar-refractivity contribution in [3.05, 3.63) is 83.9 Å². The van der Waals surface area contributed by atoms with Gasteiger partial charge >= 0.3 is 0 Å². The van der Waals surface area contributed by atoms with Crippen LogP contribution < -0.4 is 10.1 Å². The van der Waals surface area contributed by atoms with Crippen molar-refractivity contribution < 1.29 is 4.74 Å². The highest BCUT2D eigenvalue weighted by Gasteiger charge is 2.38. The number of hydrogen-bond acceptors (Lipinski definition) is 2. The van der Waals surface area contributed by atoms with Crippen LogP contribution in [0.1, 0.15) is 42.9 Å². The zero-order chi connectivity index (χ0) is 18.2. The Morgan fingerprint density at radius 3 is 2.70 bits per heavy atom. The molecule has 0 spiro atoms. The summed E-state index contributed by atoms with van der Waals surface area (Å²) in [6, 6.07) is 22.3. The van der Waals surface area contributed by atoms with Crippen molar-refractivity contribution in [1.29, 1.82) is 0 Å². The lowest BCUT2D eigenvalue weighted by molar-refractivity contribution is 0.317. The summed E-state index contributed by atoms with van der Waals surface area (Å²) in [5.74, 6) is 2.02. The molecule has 5 rings (SSSR count). The quantitative estimate of drug-likeness (QED) is 0.543. The van der Waals surface area contributed by atoms with Gasteiger partial charge in [-0.15, -0.1) is 0 Å². The van der Waals surface area contributed by atoms with Crippen LogP contribution in [0.25, 0.3) is 10.8 Å². The number of anilines is 1. The Morgan fingerprint density at radius 1 is 1.00 bits per heavy atom. The van der Waals surface area contributed by atoms with Gasteiger partial charge in [0.25, 0.3) is 0 Å². The summed E-state index contributed by atoms with van der Waals surface area (Å²) in [6.07, 6.45) is 6.92. The van der Waals surface area contributed by atoms with Crippen molar-refractivity contribution in [1.82, 2.24) is 0 Å². The van der Waals surface area contributed by atoms with Crippen LogP contribution in [0, 0.1) is 5.92 Å². The monoisotopic (exact) mass is 355 g/mol. The molecule has 0 fully saturated rings. The Morgan fingerprint density at radius 2 is 1.85 bits per heavy atom. The molecular formula is C25H25NO. The molecule has 2 nitrogen and oxygen atoms in total.